The predicted octanol–water partition coefficient (Wildman–Crippen LogP) is 4.49. The van der Waals surface area contributed by atoms with E-state index in [1.54, 1.807) is 6.92 Å². The first-order chi connectivity index (χ1) is 8.85. The van der Waals surface area contributed by atoms with Gasteiger partial charge < -0.3 is 4.79 Å². The van der Waals surface area contributed by atoms with Crippen LogP contribution in [0.5, 0.6) is 0 Å². The van der Waals surface area contributed by atoms with Crippen molar-refractivity contribution in [3.8, 4) is 0 Å². The van der Waals surface area contributed by atoms with Crippen LogP contribution >= 0.6 is 0 Å². The van der Waals surface area contributed by atoms with Crippen LogP contribution in [0.1, 0.15) is 44.7 Å². The van der Waals surface area contributed by atoms with Gasteiger partial charge in [0.05, 0.1) is 0 Å². The summed E-state index contributed by atoms with van der Waals surface area (Å²) in [5, 5.41) is 0. The summed E-state index contributed by atoms with van der Waals surface area (Å²) in [6.45, 7) is 8.35. The Balaban J connectivity index is 2.15. The molecule has 0 N–H and O–H groups in total. The lowest BCUT2D eigenvalue weighted by Crippen LogP contribution is -2.10. The molecule has 1 aliphatic rings. The summed E-state index contributed by atoms with van der Waals surface area (Å²) in [7, 11) is 0. The number of aryl methyl sites for hydroxylation is 1. The lowest BCUT2D eigenvalue weighted by molar-refractivity contribution is -0.117. The third kappa shape index (κ3) is 3.79. The summed E-state index contributed by atoms with van der Waals surface area (Å²) in [5.74, 6) is 0.742. The van der Waals surface area contributed by atoms with Gasteiger partial charge in [-0.2, -0.15) is 0 Å². The van der Waals surface area contributed by atoms with Crippen LogP contribution in [0.3, 0.4) is 0 Å². The Morgan fingerprint density at radius 1 is 1.26 bits per heavy atom. The standard InChI is InChI=1S/C18H24O/c1-13-5-7-15(8-6-13)10-17-12-18(3,4)11-16(17)9-14(2)19/h5-8,12,16H,9-11H2,1-4H3. The molecule has 0 amide bonds. The minimum Gasteiger partial charge on any atom is -0.300 e. The van der Waals surface area contributed by atoms with E-state index >= 15 is 0 Å². The molecule has 0 saturated heterocycles. The monoisotopic (exact) mass is 256 g/mol. The van der Waals surface area contributed by atoms with Crippen molar-refractivity contribution in [2.75, 3.05) is 0 Å². The lowest BCUT2D eigenvalue weighted by atomic mass is 9.87. The fraction of sp³-hybridized carbons (Fsp3) is 0.500. The van der Waals surface area contributed by atoms with E-state index in [0.29, 0.717) is 18.1 Å². The van der Waals surface area contributed by atoms with Gasteiger partial charge in [-0.05, 0) is 43.6 Å². The molecule has 1 heteroatoms. The molecule has 1 aromatic rings. The number of allylic oxidation sites excluding steroid dienone is 2. The molecule has 1 atom stereocenters. The predicted molar refractivity (Wildman–Crippen MR) is 80.2 cm³/mol. The number of carbonyl (C=O) groups is 1. The molecule has 1 unspecified atom stereocenters. The van der Waals surface area contributed by atoms with Gasteiger partial charge in [-0.25, -0.2) is 0 Å². The maximum absolute atomic E-state index is 11.4. The second-order valence-electron chi connectivity index (χ2n) is 6.68. The van der Waals surface area contributed by atoms with E-state index in [4.69, 9.17) is 0 Å². The number of benzene rings is 1. The smallest absolute Gasteiger partial charge is 0.130 e. The van der Waals surface area contributed by atoms with Crippen LogP contribution in [-0.4, -0.2) is 5.78 Å². The van der Waals surface area contributed by atoms with Gasteiger partial charge in [-0.1, -0.05) is 55.3 Å². The molecule has 1 nitrogen and oxygen atoms in total. The first-order valence-corrected chi connectivity index (χ1v) is 7.12. The summed E-state index contributed by atoms with van der Waals surface area (Å²) in [5.41, 5.74) is 4.33. The van der Waals surface area contributed by atoms with E-state index in [9.17, 15) is 4.79 Å². The fourth-order valence-electron chi connectivity index (χ4n) is 3.13. The molecule has 0 aliphatic heterocycles. The highest BCUT2D eigenvalue weighted by Gasteiger charge is 2.32. The zero-order valence-corrected chi connectivity index (χ0v) is 12.5. The van der Waals surface area contributed by atoms with E-state index in [0.717, 1.165) is 12.8 Å². The van der Waals surface area contributed by atoms with Gasteiger partial charge >= 0.3 is 0 Å². The maximum Gasteiger partial charge on any atom is 0.130 e. The molecule has 0 spiro atoms. The van der Waals surface area contributed by atoms with Crippen LogP contribution in [0.4, 0.5) is 0 Å². The largest absolute Gasteiger partial charge is 0.300 e. The highest BCUT2D eigenvalue weighted by atomic mass is 16.1. The van der Waals surface area contributed by atoms with E-state index < -0.39 is 0 Å². The second kappa shape index (κ2) is 5.32. The molecule has 0 bridgehead atoms. The SMILES string of the molecule is CC(=O)CC1CC(C)(C)C=C1Cc1ccc(C)cc1. The van der Waals surface area contributed by atoms with Crippen molar-refractivity contribution in [3.63, 3.8) is 0 Å². The molecule has 0 fully saturated rings. The molecule has 2 rings (SSSR count). The van der Waals surface area contributed by atoms with Gasteiger partial charge in [0.1, 0.15) is 5.78 Å². The van der Waals surface area contributed by atoms with Crippen LogP contribution in [0.25, 0.3) is 0 Å². The van der Waals surface area contributed by atoms with Crippen LogP contribution in [0.15, 0.2) is 35.9 Å². The molecule has 0 radical (unpaired) electrons. The molecule has 1 aromatic carbocycles. The van der Waals surface area contributed by atoms with E-state index in [1.165, 1.54) is 16.7 Å². The summed E-state index contributed by atoms with van der Waals surface area (Å²) in [4.78, 5) is 11.4. The van der Waals surface area contributed by atoms with Gasteiger partial charge in [0.25, 0.3) is 0 Å². The highest BCUT2D eigenvalue weighted by Crippen LogP contribution is 2.42. The average molecular weight is 256 g/mol. The van der Waals surface area contributed by atoms with Gasteiger partial charge in [-0.15, -0.1) is 0 Å². The number of hydrogen-bond donors (Lipinski definition) is 0. The molecular formula is C18H24O. The summed E-state index contributed by atoms with van der Waals surface area (Å²) in [6.07, 6.45) is 5.18. The number of rotatable bonds is 4. The van der Waals surface area contributed by atoms with Crippen molar-refractivity contribution in [1.82, 2.24) is 0 Å². The van der Waals surface area contributed by atoms with Crippen LogP contribution < -0.4 is 0 Å². The highest BCUT2D eigenvalue weighted by molar-refractivity contribution is 5.76. The molecule has 102 valence electrons. The normalized spacial score (nSPS) is 21.3. The minimum atomic E-state index is 0.236. The summed E-state index contributed by atoms with van der Waals surface area (Å²) in [6, 6.07) is 8.73. The quantitative estimate of drug-likeness (QED) is 0.725. The van der Waals surface area contributed by atoms with Gasteiger partial charge in [0, 0.05) is 6.42 Å². The molecular weight excluding hydrogens is 232 g/mol. The third-order valence-corrected chi connectivity index (χ3v) is 3.94. The lowest BCUT2D eigenvalue weighted by Gasteiger charge is -2.17. The van der Waals surface area contributed by atoms with E-state index in [2.05, 4.69) is 51.1 Å². The molecule has 1 aliphatic carbocycles. The van der Waals surface area contributed by atoms with Crippen molar-refractivity contribution in [2.45, 2.75) is 47.0 Å². The number of carbonyl (C=O) groups excluding carboxylic acids is 1. The Hall–Kier alpha value is -1.37. The Bertz CT molecular complexity index is 491. The third-order valence-electron chi connectivity index (χ3n) is 3.94. The first-order valence-electron chi connectivity index (χ1n) is 7.12. The zero-order chi connectivity index (χ0) is 14.0. The number of ketones is 1. The molecule has 0 aromatic heterocycles. The number of hydrogen-bond acceptors (Lipinski definition) is 1. The van der Waals surface area contributed by atoms with Crippen LogP contribution in [0, 0.1) is 18.3 Å². The van der Waals surface area contributed by atoms with E-state index in [1.807, 2.05) is 0 Å². The Morgan fingerprint density at radius 2 is 1.89 bits per heavy atom. The summed E-state index contributed by atoms with van der Waals surface area (Å²) < 4.78 is 0. The average Bonchev–Trinajstić information content (AvgIpc) is 2.55. The van der Waals surface area contributed by atoms with Crippen LogP contribution in [-0.2, 0) is 11.2 Å². The van der Waals surface area contributed by atoms with E-state index in [-0.39, 0.29) is 5.41 Å². The minimum absolute atomic E-state index is 0.236. The van der Waals surface area contributed by atoms with Crippen molar-refractivity contribution < 1.29 is 4.79 Å². The molecule has 19 heavy (non-hydrogen) atoms. The van der Waals surface area contributed by atoms with Crippen molar-refractivity contribution in [1.29, 1.82) is 0 Å². The maximum atomic E-state index is 11.4. The van der Waals surface area contributed by atoms with Gasteiger partial charge in [-0.3, -0.25) is 0 Å². The summed E-state index contributed by atoms with van der Waals surface area (Å²) >= 11 is 0. The van der Waals surface area contributed by atoms with Crippen molar-refractivity contribution >= 4 is 5.78 Å². The number of Topliss-reactive ketones (excluding diaryl/α,β-unsaturated/α-hetero) is 1. The van der Waals surface area contributed by atoms with Crippen LogP contribution in [0.2, 0.25) is 0 Å². The fourth-order valence-corrected chi connectivity index (χ4v) is 3.13. The Kier molecular flexibility index (Phi) is 3.93. The van der Waals surface area contributed by atoms with Gasteiger partial charge in [0.2, 0.25) is 0 Å². The van der Waals surface area contributed by atoms with Gasteiger partial charge in [0.15, 0.2) is 0 Å². The zero-order valence-electron chi connectivity index (χ0n) is 12.5. The molecule has 0 saturated carbocycles. The topological polar surface area (TPSA) is 17.1 Å². The Labute approximate surface area is 116 Å². The van der Waals surface area contributed by atoms with Crippen molar-refractivity contribution in [2.24, 2.45) is 11.3 Å². The Morgan fingerprint density at radius 3 is 2.47 bits per heavy atom. The van der Waals surface area contributed by atoms with Crippen molar-refractivity contribution in [3.05, 3.63) is 47.0 Å². The first kappa shape index (κ1) is 14.0. The molecule has 0 heterocycles. The second-order valence-corrected chi connectivity index (χ2v) is 6.68.